The van der Waals surface area contributed by atoms with E-state index in [9.17, 15) is 19.5 Å². The molecule has 2 heterocycles. The Balaban J connectivity index is 1.30. The zero-order chi connectivity index (χ0) is 25.1. The van der Waals surface area contributed by atoms with Gasteiger partial charge in [0.2, 0.25) is 5.91 Å². The molecule has 2 aliphatic heterocycles. The molecule has 2 N–H and O–H groups in total. The third-order valence-corrected chi connectivity index (χ3v) is 7.69. The number of aliphatic hydroxyl groups excluding tert-OH is 1. The Kier molecular flexibility index (Phi) is 6.95. The fourth-order valence-corrected chi connectivity index (χ4v) is 5.84. The third-order valence-electron chi connectivity index (χ3n) is 6.43. The van der Waals surface area contributed by atoms with E-state index in [1.54, 1.807) is 0 Å². The van der Waals surface area contributed by atoms with Crippen LogP contribution in [0.1, 0.15) is 23.7 Å². The van der Waals surface area contributed by atoms with Gasteiger partial charge >= 0.3 is 5.97 Å². The summed E-state index contributed by atoms with van der Waals surface area (Å²) in [6.45, 7) is 0. The van der Waals surface area contributed by atoms with E-state index in [1.165, 1.54) is 16.7 Å². The standard InChI is InChI=1S/C28H26N2O5S/c31-21-17-36-27-23(29-22(32)16-18-10-4-1-5-11-18)26(33)30(27)24(21)28(34)35-25(19-12-6-2-7-13-19)20-14-8-3-9-15-20/h1-14,20,23,25,27,31H,15-17H2,(H,29,32)/t20?,23-,25?,27-/m1/s1. The Bertz CT molecular complexity index is 1240. The summed E-state index contributed by atoms with van der Waals surface area (Å²) in [6.07, 6.45) is 8.15. The van der Waals surface area contributed by atoms with Gasteiger partial charge in [-0.1, -0.05) is 85.0 Å². The lowest BCUT2D eigenvalue weighted by atomic mass is 9.90. The largest absolute Gasteiger partial charge is 0.509 e. The maximum Gasteiger partial charge on any atom is 0.359 e. The molecule has 3 aliphatic rings. The van der Waals surface area contributed by atoms with Gasteiger partial charge in [0.1, 0.15) is 23.3 Å². The predicted molar refractivity (Wildman–Crippen MR) is 136 cm³/mol. The van der Waals surface area contributed by atoms with Gasteiger partial charge in [-0.25, -0.2) is 4.79 Å². The monoisotopic (exact) mass is 502 g/mol. The number of rotatable bonds is 7. The predicted octanol–water partition coefficient (Wildman–Crippen LogP) is 3.82. The fraction of sp³-hybridized carbons (Fsp3) is 0.250. The Morgan fingerprint density at radius 3 is 2.50 bits per heavy atom. The first kappa shape index (κ1) is 23.9. The third kappa shape index (κ3) is 4.81. The smallest absolute Gasteiger partial charge is 0.359 e. The first-order valence-electron chi connectivity index (χ1n) is 11.8. The number of fused-ring (bicyclic) bond motifs is 1. The average molecular weight is 503 g/mol. The number of amides is 2. The number of thioether (sulfide) groups is 1. The summed E-state index contributed by atoms with van der Waals surface area (Å²) in [5.41, 5.74) is 1.53. The fourth-order valence-electron chi connectivity index (χ4n) is 4.64. The van der Waals surface area contributed by atoms with E-state index in [4.69, 9.17) is 4.74 Å². The van der Waals surface area contributed by atoms with Gasteiger partial charge in [-0.05, 0) is 17.5 Å². The second-order valence-corrected chi connectivity index (χ2v) is 9.97. The van der Waals surface area contributed by atoms with Crippen LogP contribution < -0.4 is 5.32 Å². The van der Waals surface area contributed by atoms with E-state index in [2.05, 4.69) is 5.32 Å². The minimum Gasteiger partial charge on any atom is -0.509 e. The molecule has 2 aromatic rings. The summed E-state index contributed by atoms with van der Waals surface area (Å²) in [7, 11) is 0. The molecule has 36 heavy (non-hydrogen) atoms. The first-order valence-corrected chi connectivity index (χ1v) is 12.9. The molecule has 2 amide bonds. The van der Waals surface area contributed by atoms with Crippen molar-refractivity contribution in [1.29, 1.82) is 0 Å². The van der Waals surface area contributed by atoms with Crippen molar-refractivity contribution in [2.24, 2.45) is 5.92 Å². The van der Waals surface area contributed by atoms with Crippen LogP contribution in [-0.4, -0.2) is 45.0 Å². The number of allylic oxidation sites excluding steroid dienone is 3. The Morgan fingerprint density at radius 2 is 1.81 bits per heavy atom. The zero-order valence-electron chi connectivity index (χ0n) is 19.4. The molecule has 1 saturated heterocycles. The number of ether oxygens (including phenoxy) is 1. The van der Waals surface area contributed by atoms with Crippen molar-refractivity contribution in [3.05, 3.63) is 108 Å². The van der Waals surface area contributed by atoms with E-state index in [-0.39, 0.29) is 35.5 Å². The second-order valence-electron chi connectivity index (χ2n) is 8.86. The molecule has 1 aliphatic carbocycles. The highest BCUT2D eigenvalue weighted by molar-refractivity contribution is 8.00. The average Bonchev–Trinajstić information content (AvgIpc) is 2.91. The van der Waals surface area contributed by atoms with Gasteiger partial charge in [0, 0.05) is 5.92 Å². The molecule has 0 spiro atoms. The van der Waals surface area contributed by atoms with Gasteiger partial charge < -0.3 is 15.2 Å². The van der Waals surface area contributed by atoms with Crippen LogP contribution in [0, 0.1) is 5.92 Å². The molecule has 184 valence electrons. The van der Waals surface area contributed by atoms with Gasteiger partial charge in [-0.2, -0.15) is 0 Å². The van der Waals surface area contributed by atoms with Crippen molar-refractivity contribution < 1.29 is 24.2 Å². The van der Waals surface area contributed by atoms with Crippen LogP contribution in [0.25, 0.3) is 0 Å². The van der Waals surface area contributed by atoms with Crippen molar-refractivity contribution in [2.45, 2.75) is 30.4 Å². The van der Waals surface area contributed by atoms with E-state index in [1.807, 2.05) is 85.0 Å². The molecule has 0 bridgehead atoms. The summed E-state index contributed by atoms with van der Waals surface area (Å²) in [6, 6.07) is 17.9. The zero-order valence-corrected chi connectivity index (χ0v) is 20.3. The van der Waals surface area contributed by atoms with Crippen molar-refractivity contribution in [3.8, 4) is 0 Å². The number of hydrogen-bond donors (Lipinski definition) is 2. The molecule has 4 atom stereocenters. The van der Waals surface area contributed by atoms with Crippen LogP contribution in [-0.2, 0) is 25.5 Å². The second kappa shape index (κ2) is 10.5. The summed E-state index contributed by atoms with van der Waals surface area (Å²) >= 11 is 1.30. The molecule has 2 unspecified atom stereocenters. The Labute approximate surface area is 213 Å². The van der Waals surface area contributed by atoms with E-state index < -0.39 is 29.4 Å². The van der Waals surface area contributed by atoms with Gasteiger partial charge in [0.05, 0.1) is 12.2 Å². The van der Waals surface area contributed by atoms with E-state index in [0.717, 1.165) is 11.1 Å². The maximum absolute atomic E-state index is 13.4. The lowest BCUT2D eigenvalue weighted by Gasteiger charge is -2.49. The molecular formula is C28H26N2O5S. The lowest BCUT2D eigenvalue weighted by Crippen LogP contribution is -2.70. The number of esters is 1. The minimum atomic E-state index is -0.765. The summed E-state index contributed by atoms with van der Waals surface area (Å²) < 4.78 is 5.95. The summed E-state index contributed by atoms with van der Waals surface area (Å²) in [5.74, 6) is -1.60. The summed E-state index contributed by atoms with van der Waals surface area (Å²) in [4.78, 5) is 40.2. The lowest BCUT2D eigenvalue weighted by molar-refractivity contribution is -0.157. The number of aliphatic hydroxyl groups is 1. The van der Waals surface area contributed by atoms with E-state index >= 15 is 0 Å². The SMILES string of the molecule is O=C(Cc1ccccc1)N[C@@H]1C(=O)N2C(C(=O)OC(c3ccccc3)C3C=CC=CC3)=C(O)CS[C@H]12. The quantitative estimate of drug-likeness (QED) is 0.442. The van der Waals surface area contributed by atoms with Gasteiger partial charge in [-0.15, -0.1) is 11.8 Å². The van der Waals surface area contributed by atoms with E-state index in [0.29, 0.717) is 6.42 Å². The summed E-state index contributed by atoms with van der Waals surface area (Å²) in [5, 5.41) is 12.9. The van der Waals surface area contributed by atoms with Gasteiger partial charge in [0.15, 0.2) is 5.70 Å². The highest BCUT2D eigenvalue weighted by Gasteiger charge is 2.55. The van der Waals surface area contributed by atoms with Crippen LogP contribution in [0.5, 0.6) is 0 Å². The molecule has 8 heteroatoms. The van der Waals surface area contributed by atoms with Crippen LogP contribution in [0.2, 0.25) is 0 Å². The molecule has 0 aromatic heterocycles. The normalized spacial score (nSPS) is 23.5. The number of nitrogens with one attached hydrogen (secondary N) is 1. The highest BCUT2D eigenvalue weighted by atomic mass is 32.2. The van der Waals surface area contributed by atoms with Crippen molar-refractivity contribution in [2.75, 3.05) is 5.75 Å². The number of carbonyl (C=O) groups is 3. The number of nitrogens with zero attached hydrogens (tertiary/aromatic N) is 1. The molecule has 7 nitrogen and oxygen atoms in total. The van der Waals surface area contributed by atoms with Gasteiger partial charge in [-0.3, -0.25) is 14.5 Å². The van der Waals surface area contributed by atoms with Crippen LogP contribution >= 0.6 is 11.8 Å². The van der Waals surface area contributed by atoms with Crippen LogP contribution in [0.4, 0.5) is 0 Å². The number of carbonyl (C=O) groups excluding carboxylic acids is 3. The number of β-lactam (4-membered cyclic amide) rings is 1. The van der Waals surface area contributed by atoms with Gasteiger partial charge in [0.25, 0.3) is 5.91 Å². The van der Waals surface area contributed by atoms with Crippen molar-refractivity contribution in [1.82, 2.24) is 10.2 Å². The number of benzene rings is 2. The minimum absolute atomic E-state index is 0.0741. The number of hydrogen-bond acceptors (Lipinski definition) is 6. The Morgan fingerprint density at radius 1 is 1.08 bits per heavy atom. The van der Waals surface area contributed by atoms with Crippen LogP contribution in [0.15, 0.2) is 96.4 Å². The molecule has 5 rings (SSSR count). The van der Waals surface area contributed by atoms with Crippen molar-refractivity contribution >= 4 is 29.5 Å². The molecule has 0 radical (unpaired) electrons. The molecule has 2 aromatic carbocycles. The Hall–Kier alpha value is -3.78. The first-order chi connectivity index (χ1) is 17.5. The maximum atomic E-state index is 13.4. The topological polar surface area (TPSA) is 95.9 Å². The van der Waals surface area contributed by atoms with Crippen LogP contribution in [0.3, 0.4) is 0 Å². The molecule has 0 saturated carbocycles. The molecule has 1 fully saturated rings. The highest BCUT2D eigenvalue weighted by Crippen LogP contribution is 2.41. The van der Waals surface area contributed by atoms with Crippen molar-refractivity contribution in [3.63, 3.8) is 0 Å². The molecular weight excluding hydrogens is 476 g/mol.